The maximum absolute atomic E-state index is 13.2. The average Bonchev–Trinajstić information content (AvgIpc) is 2.99. The molecule has 0 aromatic rings. The molecule has 0 spiro atoms. The summed E-state index contributed by atoms with van der Waals surface area (Å²) in [5.74, 6) is 0.764. The van der Waals surface area contributed by atoms with E-state index in [1.807, 2.05) is 0 Å². The molecule has 2 fully saturated rings. The summed E-state index contributed by atoms with van der Waals surface area (Å²) >= 11 is 0. The van der Waals surface area contributed by atoms with Gasteiger partial charge in [0, 0.05) is 6.42 Å². The van der Waals surface area contributed by atoms with Crippen LogP contribution in [-0.4, -0.2) is 22.4 Å². The molecule has 0 radical (unpaired) electrons. The van der Waals surface area contributed by atoms with Crippen molar-refractivity contribution in [1.29, 1.82) is 0 Å². The Bertz CT molecular complexity index is 738. The summed E-state index contributed by atoms with van der Waals surface area (Å²) in [4.78, 5) is 0. The fraction of sp³-hybridized carbons (Fsp3) is 0.600. The van der Waals surface area contributed by atoms with E-state index >= 15 is 0 Å². The second-order valence-electron chi connectivity index (χ2n) is 9.21. The van der Waals surface area contributed by atoms with E-state index in [1.54, 1.807) is 6.08 Å². The summed E-state index contributed by atoms with van der Waals surface area (Å²) in [5, 5.41) is 20.1. The lowest BCUT2D eigenvalue weighted by molar-refractivity contribution is 0.0862. The molecule has 0 aliphatic heterocycles. The fourth-order valence-corrected chi connectivity index (χ4v) is 5.55. The molecule has 0 heterocycles. The van der Waals surface area contributed by atoms with Crippen molar-refractivity contribution in [2.45, 2.75) is 77.9 Å². The van der Waals surface area contributed by atoms with E-state index in [4.69, 9.17) is 0 Å². The molecule has 3 aliphatic rings. The summed E-state index contributed by atoms with van der Waals surface area (Å²) < 4.78 is 13.2. The number of allylic oxidation sites excluding steroid dienone is 7. The summed E-state index contributed by atoms with van der Waals surface area (Å²) in [6.45, 7) is 10.1. The minimum atomic E-state index is -0.641. The first kappa shape index (κ1) is 21.3. The van der Waals surface area contributed by atoms with Gasteiger partial charge in [0.1, 0.15) is 0 Å². The Balaban J connectivity index is 1.79. The highest BCUT2D eigenvalue weighted by Crippen LogP contribution is 2.57. The van der Waals surface area contributed by atoms with Gasteiger partial charge in [-0.15, -0.1) is 0 Å². The average molecular weight is 387 g/mol. The predicted octanol–water partition coefficient (Wildman–Crippen LogP) is 5.95. The van der Waals surface area contributed by atoms with Crippen molar-refractivity contribution in [2.24, 2.45) is 17.3 Å². The van der Waals surface area contributed by atoms with Crippen LogP contribution in [0.4, 0.5) is 4.39 Å². The van der Waals surface area contributed by atoms with E-state index in [1.165, 1.54) is 24.5 Å². The molecule has 0 aromatic heterocycles. The minimum Gasteiger partial charge on any atom is -0.393 e. The Morgan fingerprint density at radius 1 is 1.39 bits per heavy atom. The van der Waals surface area contributed by atoms with Gasteiger partial charge < -0.3 is 10.2 Å². The molecule has 2 N–H and O–H groups in total. The van der Waals surface area contributed by atoms with Gasteiger partial charge in [-0.3, -0.25) is 0 Å². The predicted molar refractivity (Wildman–Crippen MR) is 113 cm³/mol. The zero-order valence-electron chi connectivity index (χ0n) is 17.5. The van der Waals surface area contributed by atoms with E-state index in [-0.39, 0.29) is 11.2 Å². The molecule has 2 unspecified atom stereocenters. The van der Waals surface area contributed by atoms with Crippen molar-refractivity contribution < 1.29 is 14.6 Å². The standard InChI is InChI=1S/C25H35FO2/c1-16(7-8-17(2)26)22-11-12-23-19(6-5-13-25(22,23)4)9-10-20-14-21(27)15-24(28)18(20)3/h8-11,16,21,23-24,27-28H,3,5-7,12-15H2,1-2,4H3/b17-8+,19-9+,20-10-/t16-,21?,23+,24?,25-/m1/s1. The maximum Gasteiger partial charge on any atom is 0.0929 e. The van der Waals surface area contributed by atoms with Crippen molar-refractivity contribution >= 4 is 0 Å². The Morgan fingerprint density at radius 3 is 2.86 bits per heavy atom. The first-order chi connectivity index (χ1) is 13.2. The lowest BCUT2D eigenvalue weighted by atomic mass is 9.62. The number of fused-ring (bicyclic) bond motifs is 1. The maximum atomic E-state index is 13.2. The van der Waals surface area contributed by atoms with Crippen molar-refractivity contribution in [3.8, 4) is 0 Å². The van der Waals surface area contributed by atoms with Crippen LogP contribution >= 0.6 is 0 Å². The third-order valence-electron chi connectivity index (χ3n) is 7.16. The summed E-state index contributed by atoms with van der Waals surface area (Å²) in [6.07, 6.45) is 13.5. The first-order valence-corrected chi connectivity index (χ1v) is 10.7. The number of aliphatic hydroxyl groups excluding tert-OH is 2. The molecular weight excluding hydrogens is 351 g/mol. The van der Waals surface area contributed by atoms with Gasteiger partial charge in [-0.05, 0) is 73.8 Å². The highest BCUT2D eigenvalue weighted by Gasteiger charge is 2.45. The number of aliphatic hydroxyl groups is 2. The molecule has 0 amide bonds. The van der Waals surface area contributed by atoms with Crippen LogP contribution in [0, 0.1) is 17.3 Å². The minimum absolute atomic E-state index is 0.0971. The third kappa shape index (κ3) is 4.26. The Morgan fingerprint density at radius 2 is 2.14 bits per heavy atom. The van der Waals surface area contributed by atoms with Crippen LogP contribution in [0.15, 0.2) is 59.0 Å². The quantitative estimate of drug-likeness (QED) is 0.586. The SMILES string of the molecule is C=C1/C(=C\C=C2/CCC[C@]3(C)C([C@H](C)C/C=C(\C)F)=CC[C@@H]23)CC(O)CC1O. The molecule has 2 saturated carbocycles. The van der Waals surface area contributed by atoms with Gasteiger partial charge in [0.15, 0.2) is 0 Å². The molecule has 28 heavy (non-hydrogen) atoms. The first-order valence-electron chi connectivity index (χ1n) is 10.7. The van der Waals surface area contributed by atoms with Crippen LogP contribution in [-0.2, 0) is 0 Å². The number of rotatable bonds is 4. The Hall–Kier alpha value is -1.45. The van der Waals surface area contributed by atoms with E-state index in [0.29, 0.717) is 24.7 Å². The van der Waals surface area contributed by atoms with Crippen molar-refractivity contribution in [2.75, 3.05) is 0 Å². The third-order valence-corrected chi connectivity index (χ3v) is 7.16. The van der Waals surface area contributed by atoms with Crippen molar-refractivity contribution in [1.82, 2.24) is 0 Å². The molecular formula is C25H35FO2. The summed E-state index contributed by atoms with van der Waals surface area (Å²) in [5.41, 5.74) is 4.81. The molecule has 3 heteroatoms. The van der Waals surface area contributed by atoms with Crippen LogP contribution in [0.5, 0.6) is 0 Å². The fourth-order valence-electron chi connectivity index (χ4n) is 5.55. The van der Waals surface area contributed by atoms with Gasteiger partial charge in [0.25, 0.3) is 0 Å². The molecule has 0 aromatic carbocycles. The van der Waals surface area contributed by atoms with Crippen molar-refractivity contribution in [3.63, 3.8) is 0 Å². The Kier molecular flexibility index (Phi) is 6.46. The molecule has 3 aliphatic carbocycles. The Labute approximate surface area is 169 Å². The van der Waals surface area contributed by atoms with Crippen LogP contribution < -0.4 is 0 Å². The normalized spacial score (nSPS) is 37.9. The summed E-state index contributed by atoms with van der Waals surface area (Å²) in [7, 11) is 0. The molecule has 0 bridgehead atoms. The van der Waals surface area contributed by atoms with E-state index < -0.39 is 12.2 Å². The molecule has 5 atom stereocenters. The molecule has 2 nitrogen and oxygen atoms in total. The highest BCUT2D eigenvalue weighted by atomic mass is 19.1. The number of hydrogen-bond acceptors (Lipinski definition) is 2. The van der Waals surface area contributed by atoms with Gasteiger partial charge in [-0.2, -0.15) is 0 Å². The second kappa shape index (κ2) is 8.51. The van der Waals surface area contributed by atoms with Crippen LogP contribution in [0.1, 0.15) is 65.7 Å². The topological polar surface area (TPSA) is 40.5 Å². The van der Waals surface area contributed by atoms with Gasteiger partial charge in [0.2, 0.25) is 0 Å². The second-order valence-corrected chi connectivity index (χ2v) is 9.21. The van der Waals surface area contributed by atoms with Gasteiger partial charge in [0.05, 0.1) is 18.0 Å². The van der Waals surface area contributed by atoms with Crippen LogP contribution in [0.25, 0.3) is 0 Å². The lowest BCUT2D eigenvalue weighted by Crippen LogP contribution is -2.32. The largest absolute Gasteiger partial charge is 0.393 e. The number of halogens is 1. The highest BCUT2D eigenvalue weighted by molar-refractivity contribution is 5.40. The lowest BCUT2D eigenvalue weighted by Gasteiger charge is -2.42. The summed E-state index contributed by atoms with van der Waals surface area (Å²) in [6, 6.07) is 0. The molecule has 0 saturated heterocycles. The van der Waals surface area contributed by atoms with Gasteiger partial charge in [-0.1, -0.05) is 55.9 Å². The van der Waals surface area contributed by atoms with Gasteiger partial charge in [-0.25, -0.2) is 4.39 Å². The smallest absolute Gasteiger partial charge is 0.0929 e. The van der Waals surface area contributed by atoms with E-state index in [2.05, 4.69) is 38.7 Å². The van der Waals surface area contributed by atoms with Crippen LogP contribution in [0.2, 0.25) is 0 Å². The molecule has 154 valence electrons. The van der Waals surface area contributed by atoms with Gasteiger partial charge >= 0.3 is 0 Å². The molecule has 3 rings (SSSR count). The number of hydrogen-bond donors (Lipinski definition) is 2. The van der Waals surface area contributed by atoms with Crippen molar-refractivity contribution in [3.05, 3.63) is 59.0 Å². The van der Waals surface area contributed by atoms with E-state index in [0.717, 1.165) is 36.8 Å². The monoisotopic (exact) mass is 386 g/mol. The van der Waals surface area contributed by atoms with E-state index in [9.17, 15) is 14.6 Å². The zero-order valence-corrected chi connectivity index (χ0v) is 17.5. The zero-order chi connectivity index (χ0) is 20.5. The van der Waals surface area contributed by atoms with Crippen LogP contribution in [0.3, 0.4) is 0 Å².